The summed E-state index contributed by atoms with van der Waals surface area (Å²) in [6.07, 6.45) is 0.441. The van der Waals surface area contributed by atoms with Gasteiger partial charge in [-0.05, 0) is 0 Å². The first-order valence-electron chi connectivity index (χ1n) is 4.10. The van der Waals surface area contributed by atoms with Crippen LogP contribution in [0.4, 0.5) is 0 Å². The first-order valence-corrected chi connectivity index (χ1v) is 4.10. The van der Waals surface area contributed by atoms with Gasteiger partial charge in [0.05, 0.1) is 19.0 Å². The van der Waals surface area contributed by atoms with Gasteiger partial charge in [0.2, 0.25) is 0 Å². The molecule has 0 saturated heterocycles. The second-order valence-corrected chi connectivity index (χ2v) is 2.81. The molecule has 14 heavy (non-hydrogen) atoms. The molecule has 1 atom stereocenters. The fraction of sp³-hybridized carbons (Fsp3) is 0.500. The van der Waals surface area contributed by atoms with E-state index in [0.717, 1.165) is 0 Å². The van der Waals surface area contributed by atoms with E-state index in [1.165, 1.54) is 18.0 Å². The SMILES string of the molecule is COC(=O)c1cnn(C)c1[C@@H](O)CN. The fourth-order valence-electron chi connectivity index (χ4n) is 1.22. The molecule has 0 radical (unpaired) electrons. The molecule has 0 unspecified atom stereocenters. The predicted molar refractivity (Wildman–Crippen MR) is 48.6 cm³/mol. The lowest BCUT2D eigenvalue weighted by molar-refractivity contribution is 0.0593. The number of hydrogen-bond donors (Lipinski definition) is 2. The van der Waals surface area contributed by atoms with Crippen molar-refractivity contribution >= 4 is 5.97 Å². The average molecular weight is 199 g/mol. The number of methoxy groups -OCH3 is 1. The lowest BCUT2D eigenvalue weighted by Crippen LogP contribution is -2.18. The number of nitrogens with two attached hydrogens (primary N) is 1. The summed E-state index contributed by atoms with van der Waals surface area (Å²) < 4.78 is 5.95. The molecule has 1 aromatic rings. The Morgan fingerprint density at radius 2 is 2.50 bits per heavy atom. The number of carbonyl (C=O) groups is 1. The van der Waals surface area contributed by atoms with Gasteiger partial charge in [0.1, 0.15) is 11.7 Å². The van der Waals surface area contributed by atoms with Gasteiger partial charge in [-0.25, -0.2) is 4.79 Å². The number of esters is 1. The van der Waals surface area contributed by atoms with E-state index in [-0.39, 0.29) is 12.1 Å². The number of aryl methyl sites for hydroxylation is 1. The smallest absolute Gasteiger partial charge is 0.341 e. The minimum Gasteiger partial charge on any atom is -0.465 e. The number of aliphatic hydroxyl groups excluding tert-OH is 1. The van der Waals surface area contributed by atoms with E-state index < -0.39 is 12.1 Å². The van der Waals surface area contributed by atoms with Crippen LogP contribution in [0.1, 0.15) is 22.2 Å². The molecule has 1 heterocycles. The molecule has 1 aromatic heterocycles. The van der Waals surface area contributed by atoms with Crippen LogP contribution in [-0.4, -0.2) is 34.5 Å². The summed E-state index contributed by atoms with van der Waals surface area (Å²) >= 11 is 0. The Morgan fingerprint density at radius 1 is 1.86 bits per heavy atom. The van der Waals surface area contributed by atoms with E-state index >= 15 is 0 Å². The lowest BCUT2D eigenvalue weighted by Gasteiger charge is -2.09. The largest absolute Gasteiger partial charge is 0.465 e. The summed E-state index contributed by atoms with van der Waals surface area (Å²) in [7, 11) is 2.90. The van der Waals surface area contributed by atoms with Gasteiger partial charge < -0.3 is 15.6 Å². The summed E-state index contributed by atoms with van der Waals surface area (Å²) in [5.41, 5.74) is 5.92. The zero-order chi connectivity index (χ0) is 10.7. The van der Waals surface area contributed by atoms with E-state index in [4.69, 9.17) is 5.73 Å². The first-order chi connectivity index (χ1) is 6.61. The van der Waals surface area contributed by atoms with Gasteiger partial charge in [0, 0.05) is 13.6 Å². The minimum absolute atomic E-state index is 0.0313. The van der Waals surface area contributed by atoms with Crippen LogP contribution in [0, 0.1) is 0 Å². The third kappa shape index (κ3) is 1.75. The van der Waals surface area contributed by atoms with Gasteiger partial charge in [-0.3, -0.25) is 4.68 Å². The number of carbonyl (C=O) groups excluding carboxylic acids is 1. The normalized spacial score (nSPS) is 12.6. The van der Waals surface area contributed by atoms with Crippen molar-refractivity contribution in [2.75, 3.05) is 13.7 Å². The summed E-state index contributed by atoms with van der Waals surface area (Å²) in [6.45, 7) is 0.0313. The van der Waals surface area contributed by atoms with Crippen molar-refractivity contribution in [3.8, 4) is 0 Å². The van der Waals surface area contributed by atoms with Crippen molar-refractivity contribution < 1.29 is 14.6 Å². The molecule has 78 valence electrons. The van der Waals surface area contributed by atoms with Gasteiger partial charge in [-0.1, -0.05) is 0 Å². The Labute approximate surface area is 81.3 Å². The summed E-state index contributed by atoms with van der Waals surface area (Å²) in [6, 6.07) is 0. The molecule has 3 N–H and O–H groups in total. The zero-order valence-electron chi connectivity index (χ0n) is 8.10. The van der Waals surface area contributed by atoms with Crippen molar-refractivity contribution in [2.45, 2.75) is 6.10 Å². The van der Waals surface area contributed by atoms with Crippen molar-refractivity contribution in [1.29, 1.82) is 0 Å². The van der Waals surface area contributed by atoms with Crippen LogP contribution in [0.15, 0.2) is 6.20 Å². The molecular weight excluding hydrogens is 186 g/mol. The molecule has 0 aliphatic carbocycles. The Kier molecular flexibility index (Phi) is 3.21. The van der Waals surface area contributed by atoms with Crippen LogP contribution in [-0.2, 0) is 11.8 Å². The van der Waals surface area contributed by atoms with E-state index in [0.29, 0.717) is 5.69 Å². The highest BCUT2D eigenvalue weighted by Gasteiger charge is 2.21. The van der Waals surface area contributed by atoms with Crippen LogP contribution >= 0.6 is 0 Å². The lowest BCUT2D eigenvalue weighted by atomic mass is 10.1. The van der Waals surface area contributed by atoms with Crippen LogP contribution in [0.3, 0.4) is 0 Å². The topological polar surface area (TPSA) is 90.4 Å². The maximum Gasteiger partial charge on any atom is 0.341 e. The highest BCUT2D eigenvalue weighted by molar-refractivity contribution is 5.90. The van der Waals surface area contributed by atoms with Crippen molar-refractivity contribution in [2.24, 2.45) is 12.8 Å². The van der Waals surface area contributed by atoms with Crippen molar-refractivity contribution in [3.63, 3.8) is 0 Å². The van der Waals surface area contributed by atoms with E-state index in [2.05, 4.69) is 9.84 Å². The quantitative estimate of drug-likeness (QED) is 0.622. The highest BCUT2D eigenvalue weighted by Crippen LogP contribution is 2.16. The van der Waals surface area contributed by atoms with E-state index in [1.54, 1.807) is 7.05 Å². The summed E-state index contributed by atoms with van der Waals surface area (Å²) in [5, 5.41) is 13.4. The number of aliphatic hydroxyl groups is 1. The third-order valence-electron chi connectivity index (χ3n) is 1.93. The number of ether oxygens (including phenoxy) is 1. The maximum absolute atomic E-state index is 11.2. The van der Waals surface area contributed by atoms with Crippen LogP contribution in [0.5, 0.6) is 0 Å². The molecule has 0 aliphatic heterocycles. The van der Waals surface area contributed by atoms with Crippen LogP contribution < -0.4 is 5.73 Å². The molecule has 6 heteroatoms. The standard InChI is InChI=1S/C8H13N3O3/c1-11-7(6(12)3-9)5(4-10-11)8(13)14-2/h4,6,12H,3,9H2,1-2H3/t6-/m0/s1. The van der Waals surface area contributed by atoms with Crippen LogP contribution in [0.25, 0.3) is 0 Å². The van der Waals surface area contributed by atoms with Gasteiger partial charge >= 0.3 is 5.97 Å². The molecule has 0 saturated carbocycles. The Bertz CT molecular complexity index is 335. The number of hydrogen-bond acceptors (Lipinski definition) is 5. The van der Waals surface area contributed by atoms with Gasteiger partial charge in [-0.15, -0.1) is 0 Å². The van der Waals surface area contributed by atoms with Gasteiger partial charge in [-0.2, -0.15) is 5.10 Å². The fourth-order valence-corrected chi connectivity index (χ4v) is 1.22. The molecule has 6 nitrogen and oxygen atoms in total. The van der Waals surface area contributed by atoms with Crippen LogP contribution in [0.2, 0.25) is 0 Å². The third-order valence-corrected chi connectivity index (χ3v) is 1.93. The zero-order valence-corrected chi connectivity index (χ0v) is 8.10. The Hall–Kier alpha value is -1.40. The Morgan fingerprint density at radius 3 is 3.00 bits per heavy atom. The molecule has 0 bridgehead atoms. The molecular formula is C8H13N3O3. The van der Waals surface area contributed by atoms with Crippen molar-refractivity contribution in [3.05, 3.63) is 17.5 Å². The highest BCUT2D eigenvalue weighted by atomic mass is 16.5. The molecule has 0 amide bonds. The van der Waals surface area contributed by atoms with Crippen molar-refractivity contribution in [1.82, 2.24) is 9.78 Å². The number of rotatable bonds is 3. The maximum atomic E-state index is 11.2. The molecule has 0 aliphatic rings. The second kappa shape index (κ2) is 4.21. The molecule has 0 fully saturated rings. The van der Waals surface area contributed by atoms with E-state index in [1.807, 2.05) is 0 Å². The number of nitrogens with zero attached hydrogens (tertiary/aromatic N) is 2. The van der Waals surface area contributed by atoms with Gasteiger partial charge in [0.15, 0.2) is 0 Å². The average Bonchev–Trinajstić information content (AvgIpc) is 2.58. The number of aromatic nitrogens is 2. The molecule has 0 spiro atoms. The molecule has 0 aromatic carbocycles. The summed E-state index contributed by atoms with van der Waals surface area (Å²) in [4.78, 5) is 11.2. The monoisotopic (exact) mass is 199 g/mol. The van der Waals surface area contributed by atoms with Gasteiger partial charge in [0.25, 0.3) is 0 Å². The summed E-state index contributed by atoms with van der Waals surface area (Å²) in [5.74, 6) is -0.527. The Balaban J connectivity index is 3.12. The first kappa shape index (κ1) is 10.7. The minimum atomic E-state index is -0.906. The molecule has 1 rings (SSSR count). The predicted octanol–water partition coefficient (Wildman–Crippen LogP) is -0.801. The second-order valence-electron chi connectivity index (χ2n) is 2.81. The van der Waals surface area contributed by atoms with E-state index in [9.17, 15) is 9.90 Å².